The van der Waals surface area contributed by atoms with Crippen molar-refractivity contribution < 1.29 is 9.84 Å². The molecular weight excluding hydrogens is 190 g/mol. The first-order valence-corrected chi connectivity index (χ1v) is 6.18. The van der Waals surface area contributed by atoms with Gasteiger partial charge in [-0.2, -0.15) is 0 Å². The van der Waals surface area contributed by atoms with E-state index in [-0.39, 0.29) is 12.1 Å². The summed E-state index contributed by atoms with van der Waals surface area (Å²) < 4.78 is 5.61. The Labute approximate surface area is 92.2 Å². The summed E-state index contributed by atoms with van der Waals surface area (Å²) in [5.74, 6) is 0.835. The highest BCUT2D eigenvalue weighted by Gasteiger charge is 2.31. The van der Waals surface area contributed by atoms with Gasteiger partial charge in [0.25, 0.3) is 0 Å². The molecule has 0 aliphatic heterocycles. The Hall–Kier alpha value is -0.120. The number of nitrogens with one attached hydrogen (secondary N) is 1. The van der Waals surface area contributed by atoms with Crippen molar-refractivity contribution in [1.82, 2.24) is 5.32 Å². The van der Waals surface area contributed by atoms with Crippen LogP contribution in [0.4, 0.5) is 0 Å². The normalized spacial score (nSPS) is 25.2. The number of rotatable bonds is 8. The van der Waals surface area contributed by atoms with Crippen molar-refractivity contribution in [3.8, 4) is 0 Å². The zero-order chi connectivity index (χ0) is 10.7. The highest BCUT2D eigenvalue weighted by atomic mass is 16.5. The third-order valence-corrected chi connectivity index (χ3v) is 3.33. The molecule has 88 valence electrons. The maximum Gasteiger partial charge on any atom is 0.0611 e. The summed E-state index contributed by atoms with van der Waals surface area (Å²) in [5.41, 5.74) is -0.134. The van der Waals surface area contributed by atoms with Crippen LogP contribution in [0.5, 0.6) is 0 Å². The Balaban J connectivity index is 1.59. The molecule has 0 aromatic rings. The van der Waals surface area contributed by atoms with Crippen molar-refractivity contribution in [2.24, 2.45) is 5.92 Å². The van der Waals surface area contributed by atoms with E-state index in [9.17, 15) is 5.11 Å². The molecule has 3 nitrogen and oxygen atoms in total. The van der Waals surface area contributed by atoms with E-state index in [1.54, 1.807) is 0 Å². The summed E-state index contributed by atoms with van der Waals surface area (Å²) in [7, 11) is 0. The van der Waals surface area contributed by atoms with Gasteiger partial charge in [0.1, 0.15) is 0 Å². The second kappa shape index (κ2) is 4.81. The number of aliphatic hydroxyl groups is 1. The Bertz CT molecular complexity index is 202. The van der Waals surface area contributed by atoms with Crippen molar-refractivity contribution >= 4 is 0 Å². The van der Waals surface area contributed by atoms with E-state index in [4.69, 9.17) is 4.74 Å². The third-order valence-electron chi connectivity index (χ3n) is 3.33. The van der Waals surface area contributed by atoms with E-state index in [1.807, 2.05) is 0 Å². The molecule has 0 saturated heterocycles. The standard InChI is InChI=1S/C12H23NO2/c1-12(9-14,13-11-4-5-11)6-7-15-8-10-2-3-10/h10-11,13-14H,2-9H2,1H3. The van der Waals surface area contributed by atoms with E-state index in [0.717, 1.165) is 25.6 Å². The van der Waals surface area contributed by atoms with Crippen molar-refractivity contribution in [1.29, 1.82) is 0 Å². The van der Waals surface area contributed by atoms with Gasteiger partial charge < -0.3 is 15.2 Å². The van der Waals surface area contributed by atoms with Gasteiger partial charge in [-0.3, -0.25) is 0 Å². The lowest BCUT2D eigenvalue weighted by Crippen LogP contribution is -2.47. The van der Waals surface area contributed by atoms with E-state index >= 15 is 0 Å². The minimum absolute atomic E-state index is 0.134. The molecule has 0 aromatic carbocycles. The lowest BCUT2D eigenvalue weighted by molar-refractivity contribution is 0.0806. The molecule has 2 aliphatic rings. The first kappa shape index (κ1) is 11.4. The van der Waals surface area contributed by atoms with Gasteiger partial charge in [0, 0.05) is 24.8 Å². The summed E-state index contributed by atoms with van der Waals surface area (Å²) in [6, 6.07) is 0.644. The average molecular weight is 213 g/mol. The van der Waals surface area contributed by atoms with Crippen LogP contribution < -0.4 is 5.32 Å². The van der Waals surface area contributed by atoms with E-state index in [0.29, 0.717) is 6.04 Å². The molecular formula is C12H23NO2. The van der Waals surface area contributed by atoms with Crippen LogP contribution in [0.25, 0.3) is 0 Å². The quantitative estimate of drug-likeness (QED) is 0.597. The van der Waals surface area contributed by atoms with E-state index in [1.165, 1.54) is 25.7 Å². The molecule has 3 heteroatoms. The van der Waals surface area contributed by atoms with Gasteiger partial charge >= 0.3 is 0 Å². The molecule has 0 spiro atoms. The maximum atomic E-state index is 9.36. The fourth-order valence-electron chi connectivity index (χ4n) is 1.75. The lowest BCUT2D eigenvalue weighted by atomic mass is 9.99. The first-order valence-electron chi connectivity index (χ1n) is 6.18. The molecule has 2 rings (SSSR count). The van der Waals surface area contributed by atoms with Gasteiger partial charge in [-0.05, 0) is 44.9 Å². The van der Waals surface area contributed by atoms with Crippen LogP contribution in [0.3, 0.4) is 0 Å². The number of hydrogen-bond donors (Lipinski definition) is 2. The Morgan fingerprint density at radius 2 is 2.07 bits per heavy atom. The molecule has 0 aromatic heterocycles. The molecule has 0 heterocycles. The second-order valence-corrected chi connectivity index (χ2v) is 5.41. The highest BCUT2D eigenvalue weighted by Crippen LogP contribution is 2.29. The molecule has 2 N–H and O–H groups in total. The maximum absolute atomic E-state index is 9.36. The van der Waals surface area contributed by atoms with Gasteiger partial charge in [0.2, 0.25) is 0 Å². The van der Waals surface area contributed by atoms with Crippen LogP contribution in [0.1, 0.15) is 39.0 Å². The van der Waals surface area contributed by atoms with Crippen LogP contribution in [0.15, 0.2) is 0 Å². The van der Waals surface area contributed by atoms with Gasteiger partial charge in [-0.15, -0.1) is 0 Å². The van der Waals surface area contributed by atoms with Gasteiger partial charge in [-0.25, -0.2) is 0 Å². The van der Waals surface area contributed by atoms with Crippen LogP contribution in [-0.4, -0.2) is 36.5 Å². The molecule has 1 unspecified atom stereocenters. The smallest absolute Gasteiger partial charge is 0.0611 e. The average Bonchev–Trinajstić information content (AvgIpc) is 3.07. The zero-order valence-electron chi connectivity index (χ0n) is 9.67. The molecule has 0 radical (unpaired) electrons. The molecule has 2 aliphatic carbocycles. The largest absolute Gasteiger partial charge is 0.394 e. The predicted molar refractivity (Wildman–Crippen MR) is 59.8 cm³/mol. The fraction of sp³-hybridized carbons (Fsp3) is 1.00. The van der Waals surface area contributed by atoms with Crippen LogP contribution in [0, 0.1) is 5.92 Å². The third kappa shape index (κ3) is 4.09. The number of hydrogen-bond acceptors (Lipinski definition) is 3. The van der Waals surface area contributed by atoms with E-state index < -0.39 is 0 Å². The molecule has 15 heavy (non-hydrogen) atoms. The highest BCUT2D eigenvalue weighted by molar-refractivity contribution is 4.92. The summed E-state index contributed by atoms with van der Waals surface area (Å²) in [5, 5.41) is 12.9. The van der Waals surface area contributed by atoms with Crippen molar-refractivity contribution in [3.05, 3.63) is 0 Å². The monoisotopic (exact) mass is 213 g/mol. The van der Waals surface area contributed by atoms with E-state index in [2.05, 4.69) is 12.2 Å². The molecule has 2 saturated carbocycles. The summed E-state index contributed by atoms with van der Waals surface area (Å²) in [6.07, 6.45) is 6.12. The predicted octanol–water partition coefficient (Wildman–Crippen LogP) is 1.31. The van der Waals surface area contributed by atoms with Gasteiger partial charge in [-0.1, -0.05) is 0 Å². The van der Waals surface area contributed by atoms with Crippen LogP contribution in [-0.2, 0) is 4.74 Å². The summed E-state index contributed by atoms with van der Waals surface area (Å²) in [4.78, 5) is 0. The first-order chi connectivity index (χ1) is 7.22. The van der Waals surface area contributed by atoms with Crippen LogP contribution >= 0.6 is 0 Å². The molecule has 0 amide bonds. The molecule has 0 bridgehead atoms. The fourth-order valence-corrected chi connectivity index (χ4v) is 1.75. The molecule has 1 atom stereocenters. The second-order valence-electron chi connectivity index (χ2n) is 5.41. The SMILES string of the molecule is CC(CO)(CCOCC1CC1)NC1CC1. The van der Waals surface area contributed by atoms with Crippen molar-refractivity contribution in [2.75, 3.05) is 19.8 Å². The lowest BCUT2D eigenvalue weighted by Gasteiger charge is -2.28. The van der Waals surface area contributed by atoms with Crippen molar-refractivity contribution in [2.45, 2.75) is 50.6 Å². The topological polar surface area (TPSA) is 41.5 Å². The Kier molecular flexibility index (Phi) is 3.65. The molecule has 2 fully saturated rings. The Morgan fingerprint density at radius 1 is 1.33 bits per heavy atom. The minimum Gasteiger partial charge on any atom is -0.394 e. The van der Waals surface area contributed by atoms with Gasteiger partial charge in [0.15, 0.2) is 0 Å². The minimum atomic E-state index is -0.134. The number of ether oxygens (including phenoxy) is 1. The Morgan fingerprint density at radius 3 is 2.60 bits per heavy atom. The van der Waals surface area contributed by atoms with Gasteiger partial charge in [0.05, 0.1) is 6.61 Å². The van der Waals surface area contributed by atoms with Crippen LogP contribution in [0.2, 0.25) is 0 Å². The van der Waals surface area contributed by atoms with Crippen molar-refractivity contribution in [3.63, 3.8) is 0 Å². The summed E-state index contributed by atoms with van der Waals surface area (Å²) in [6.45, 7) is 3.99. The summed E-state index contributed by atoms with van der Waals surface area (Å²) >= 11 is 0. The zero-order valence-corrected chi connectivity index (χ0v) is 9.67. The number of aliphatic hydroxyl groups excluding tert-OH is 1.